The predicted octanol–water partition coefficient (Wildman–Crippen LogP) is 0.643. The molecule has 1 aliphatic heterocycles. The molecule has 4 heteroatoms. The monoisotopic (exact) mass is 247 g/mol. The number of benzene rings is 1. The fraction of sp³-hybridized carbons (Fsp3) is 0.500. The fourth-order valence-electron chi connectivity index (χ4n) is 2.39. The molecule has 1 heterocycles. The van der Waals surface area contributed by atoms with Gasteiger partial charge in [0.15, 0.2) is 0 Å². The maximum atomic E-state index is 11.9. The van der Waals surface area contributed by atoms with Crippen LogP contribution in [-0.4, -0.2) is 36.0 Å². The lowest BCUT2D eigenvalue weighted by Gasteiger charge is -2.37. The molecule has 3 N–H and O–H groups in total. The number of nitrogens with one attached hydrogen (secondary N) is 1. The number of carbonyl (C=O) groups is 1. The minimum Gasteiger partial charge on any atom is -0.351 e. The predicted molar refractivity (Wildman–Crippen MR) is 72.0 cm³/mol. The molecule has 98 valence electrons. The number of aryl methyl sites for hydroxylation is 1. The van der Waals surface area contributed by atoms with Crippen molar-refractivity contribution in [2.45, 2.75) is 32.5 Å². The second-order valence-corrected chi connectivity index (χ2v) is 5.08. The minimum atomic E-state index is -0.206. The molecule has 1 amide bonds. The summed E-state index contributed by atoms with van der Waals surface area (Å²) in [5, 5.41) is 2.94. The highest BCUT2D eigenvalue weighted by molar-refractivity contribution is 5.83. The Bertz CT molecular complexity index is 416. The molecule has 1 saturated heterocycles. The topological polar surface area (TPSA) is 58.4 Å². The Morgan fingerprint density at radius 2 is 2.06 bits per heavy atom. The molecule has 1 aromatic carbocycles. The van der Waals surface area contributed by atoms with Crippen molar-refractivity contribution in [3.63, 3.8) is 0 Å². The maximum absolute atomic E-state index is 11.9. The number of nitrogens with two attached hydrogens (primary N) is 1. The Hall–Kier alpha value is -1.39. The van der Waals surface area contributed by atoms with Gasteiger partial charge in [-0.25, -0.2) is 0 Å². The van der Waals surface area contributed by atoms with Gasteiger partial charge >= 0.3 is 0 Å². The number of amides is 1. The van der Waals surface area contributed by atoms with Crippen LogP contribution in [0.5, 0.6) is 0 Å². The lowest BCUT2D eigenvalue weighted by molar-refractivity contribution is -0.130. The Balaban J connectivity index is 2.10. The van der Waals surface area contributed by atoms with E-state index in [1.807, 2.05) is 6.92 Å². The third-order valence-corrected chi connectivity index (χ3v) is 3.37. The average molecular weight is 247 g/mol. The van der Waals surface area contributed by atoms with Crippen molar-refractivity contribution in [1.82, 2.24) is 10.2 Å². The smallest absolute Gasteiger partial charge is 0.238 e. The van der Waals surface area contributed by atoms with E-state index in [0.29, 0.717) is 6.54 Å². The van der Waals surface area contributed by atoms with Crippen LogP contribution in [0, 0.1) is 6.92 Å². The Kier molecular flexibility index (Phi) is 3.99. The van der Waals surface area contributed by atoms with Crippen LogP contribution in [0.3, 0.4) is 0 Å². The van der Waals surface area contributed by atoms with E-state index in [-0.39, 0.29) is 18.0 Å². The van der Waals surface area contributed by atoms with E-state index in [1.54, 1.807) is 0 Å². The molecule has 4 nitrogen and oxygen atoms in total. The summed E-state index contributed by atoms with van der Waals surface area (Å²) in [6.07, 6.45) is 0. The zero-order valence-corrected chi connectivity index (χ0v) is 11.0. The van der Waals surface area contributed by atoms with Crippen LogP contribution in [0.2, 0.25) is 0 Å². The van der Waals surface area contributed by atoms with Gasteiger partial charge in [-0.3, -0.25) is 9.69 Å². The van der Waals surface area contributed by atoms with Crippen LogP contribution in [0.4, 0.5) is 0 Å². The van der Waals surface area contributed by atoms with Crippen molar-refractivity contribution in [2.75, 3.05) is 13.1 Å². The van der Waals surface area contributed by atoms with Crippen molar-refractivity contribution in [3.8, 4) is 0 Å². The van der Waals surface area contributed by atoms with Crippen LogP contribution < -0.4 is 11.1 Å². The van der Waals surface area contributed by atoms with Gasteiger partial charge in [0, 0.05) is 25.7 Å². The number of rotatable bonds is 3. The second-order valence-electron chi connectivity index (χ2n) is 5.08. The molecule has 0 spiro atoms. The summed E-state index contributed by atoms with van der Waals surface area (Å²) in [6, 6.07) is 8.40. The van der Waals surface area contributed by atoms with Gasteiger partial charge in [0.2, 0.25) is 5.91 Å². The summed E-state index contributed by atoms with van der Waals surface area (Å²) >= 11 is 0. The zero-order chi connectivity index (χ0) is 13.1. The lowest BCUT2D eigenvalue weighted by Crippen LogP contribution is -2.61. The molecule has 0 aromatic heterocycles. The summed E-state index contributed by atoms with van der Waals surface area (Å²) in [4.78, 5) is 14.0. The van der Waals surface area contributed by atoms with Gasteiger partial charge in [-0.1, -0.05) is 29.8 Å². The number of piperazine rings is 1. The minimum absolute atomic E-state index is 0.0448. The van der Waals surface area contributed by atoms with E-state index in [0.717, 1.165) is 13.1 Å². The quantitative estimate of drug-likeness (QED) is 0.824. The first-order valence-electron chi connectivity index (χ1n) is 6.40. The molecule has 0 saturated carbocycles. The molecule has 0 radical (unpaired) electrons. The average Bonchev–Trinajstić information content (AvgIpc) is 2.32. The summed E-state index contributed by atoms with van der Waals surface area (Å²) in [5.74, 6) is 0.0448. The van der Waals surface area contributed by atoms with Crippen molar-refractivity contribution in [1.29, 1.82) is 0 Å². The van der Waals surface area contributed by atoms with Crippen LogP contribution in [0.1, 0.15) is 18.1 Å². The Labute approximate surface area is 108 Å². The summed E-state index contributed by atoms with van der Waals surface area (Å²) in [5.41, 5.74) is 8.18. The largest absolute Gasteiger partial charge is 0.351 e. The van der Waals surface area contributed by atoms with Gasteiger partial charge < -0.3 is 11.1 Å². The van der Waals surface area contributed by atoms with E-state index in [1.165, 1.54) is 11.1 Å². The van der Waals surface area contributed by atoms with Gasteiger partial charge in [-0.05, 0) is 19.4 Å². The van der Waals surface area contributed by atoms with Crippen molar-refractivity contribution in [3.05, 3.63) is 35.4 Å². The summed E-state index contributed by atoms with van der Waals surface area (Å²) in [6.45, 7) is 6.08. The van der Waals surface area contributed by atoms with Crippen molar-refractivity contribution >= 4 is 5.91 Å². The molecule has 1 fully saturated rings. The second kappa shape index (κ2) is 5.50. The third-order valence-electron chi connectivity index (χ3n) is 3.37. The molecule has 1 aliphatic rings. The zero-order valence-electron chi connectivity index (χ0n) is 11.0. The first-order valence-corrected chi connectivity index (χ1v) is 6.40. The van der Waals surface area contributed by atoms with E-state index in [2.05, 4.69) is 41.4 Å². The van der Waals surface area contributed by atoms with Crippen molar-refractivity contribution < 1.29 is 4.79 Å². The molecule has 1 aromatic rings. The van der Waals surface area contributed by atoms with Gasteiger partial charge in [0.25, 0.3) is 0 Å². The Morgan fingerprint density at radius 1 is 1.39 bits per heavy atom. The SMILES string of the molecule is Cc1ccc(CN2CC(C)NC(=O)C2CN)cc1. The molecule has 2 atom stereocenters. The highest BCUT2D eigenvalue weighted by Gasteiger charge is 2.31. The van der Waals surface area contributed by atoms with Gasteiger partial charge in [0.05, 0.1) is 0 Å². The van der Waals surface area contributed by atoms with Crippen LogP contribution in [0.25, 0.3) is 0 Å². The molecular weight excluding hydrogens is 226 g/mol. The van der Waals surface area contributed by atoms with Gasteiger partial charge in [-0.15, -0.1) is 0 Å². The number of hydrogen-bond acceptors (Lipinski definition) is 3. The Morgan fingerprint density at radius 3 is 2.67 bits per heavy atom. The van der Waals surface area contributed by atoms with E-state index >= 15 is 0 Å². The molecule has 0 bridgehead atoms. The standard InChI is InChI=1S/C14H21N3O/c1-10-3-5-12(6-4-10)9-17-8-11(2)16-14(18)13(17)7-15/h3-6,11,13H,7-9,15H2,1-2H3,(H,16,18). The number of nitrogens with zero attached hydrogens (tertiary/aromatic N) is 1. The van der Waals surface area contributed by atoms with Gasteiger partial charge in [0.1, 0.15) is 6.04 Å². The normalized spacial score (nSPS) is 24.9. The van der Waals surface area contributed by atoms with E-state index in [4.69, 9.17) is 5.73 Å². The summed E-state index contributed by atoms with van der Waals surface area (Å²) < 4.78 is 0. The number of carbonyl (C=O) groups excluding carboxylic acids is 1. The molecule has 2 unspecified atom stereocenters. The van der Waals surface area contributed by atoms with Crippen LogP contribution in [-0.2, 0) is 11.3 Å². The fourth-order valence-corrected chi connectivity index (χ4v) is 2.39. The maximum Gasteiger partial charge on any atom is 0.238 e. The highest BCUT2D eigenvalue weighted by Crippen LogP contribution is 2.13. The molecule has 18 heavy (non-hydrogen) atoms. The van der Waals surface area contributed by atoms with Crippen LogP contribution in [0.15, 0.2) is 24.3 Å². The van der Waals surface area contributed by atoms with Gasteiger partial charge in [-0.2, -0.15) is 0 Å². The third kappa shape index (κ3) is 2.89. The highest BCUT2D eigenvalue weighted by atomic mass is 16.2. The van der Waals surface area contributed by atoms with Crippen molar-refractivity contribution in [2.24, 2.45) is 5.73 Å². The lowest BCUT2D eigenvalue weighted by atomic mass is 10.1. The molecule has 0 aliphatic carbocycles. The first kappa shape index (κ1) is 13.1. The summed E-state index contributed by atoms with van der Waals surface area (Å²) in [7, 11) is 0. The molecule has 2 rings (SSSR count). The first-order chi connectivity index (χ1) is 8.60. The van der Waals surface area contributed by atoms with E-state index < -0.39 is 0 Å². The number of hydrogen-bond donors (Lipinski definition) is 2. The van der Waals surface area contributed by atoms with Crippen LogP contribution >= 0.6 is 0 Å². The van der Waals surface area contributed by atoms with E-state index in [9.17, 15) is 4.79 Å². The molecular formula is C14H21N3O.